The van der Waals surface area contributed by atoms with Gasteiger partial charge in [0.15, 0.2) is 0 Å². The van der Waals surface area contributed by atoms with Gasteiger partial charge in [0.05, 0.1) is 11.6 Å². The van der Waals surface area contributed by atoms with Crippen LogP contribution < -0.4 is 4.74 Å². The monoisotopic (exact) mass is 425 g/mol. The number of fused-ring (bicyclic) bond motifs is 1. The number of hydrogen-bond donors (Lipinski definition) is 1. The normalized spacial score (nSPS) is 21.5. The fourth-order valence-corrected chi connectivity index (χ4v) is 4.53. The summed E-state index contributed by atoms with van der Waals surface area (Å²) < 4.78 is 5.75. The number of hydrogen-bond acceptors (Lipinski definition) is 4. The molecular formula is C27H23NO4. The van der Waals surface area contributed by atoms with Crippen LogP contribution in [-0.4, -0.2) is 27.8 Å². The molecule has 1 amide bonds. The molecule has 0 saturated carbocycles. The van der Waals surface area contributed by atoms with Crippen molar-refractivity contribution < 1.29 is 19.4 Å². The molecule has 1 fully saturated rings. The predicted octanol–water partition coefficient (Wildman–Crippen LogP) is 4.63. The SMILES string of the molecule is C[C@H]1Cc2cc(/C(O)=C3\C(=O)C(=O)N(Cc4ccccc4)[C@@H]3c3ccccc3)ccc2O1. The number of carbonyl (C=O) groups is 2. The minimum absolute atomic E-state index is 0.0724. The lowest BCUT2D eigenvalue weighted by Crippen LogP contribution is -2.29. The van der Waals surface area contributed by atoms with Gasteiger partial charge < -0.3 is 14.7 Å². The van der Waals surface area contributed by atoms with Crippen LogP contribution in [0.2, 0.25) is 0 Å². The molecule has 2 heterocycles. The highest BCUT2D eigenvalue weighted by atomic mass is 16.5. The second kappa shape index (κ2) is 8.00. The lowest BCUT2D eigenvalue weighted by atomic mass is 9.94. The molecule has 3 aromatic carbocycles. The number of rotatable bonds is 4. The number of amides is 1. The smallest absolute Gasteiger partial charge is 0.295 e. The quantitative estimate of drug-likeness (QED) is 0.376. The molecule has 3 aromatic rings. The summed E-state index contributed by atoms with van der Waals surface area (Å²) in [6.07, 6.45) is 0.809. The molecule has 5 rings (SSSR count). The summed E-state index contributed by atoms with van der Waals surface area (Å²) in [6.45, 7) is 2.27. The van der Waals surface area contributed by atoms with Crippen molar-refractivity contribution in [2.75, 3.05) is 0 Å². The molecule has 160 valence electrons. The molecule has 0 aromatic heterocycles. The van der Waals surface area contributed by atoms with Gasteiger partial charge in [-0.05, 0) is 41.8 Å². The molecule has 0 unspecified atom stereocenters. The summed E-state index contributed by atoms with van der Waals surface area (Å²) in [5, 5.41) is 11.3. The molecule has 1 N–H and O–H groups in total. The highest BCUT2D eigenvalue weighted by molar-refractivity contribution is 6.46. The number of aliphatic hydroxyl groups excluding tert-OH is 1. The van der Waals surface area contributed by atoms with E-state index in [-0.39, 0.29) is 24.0 Å². The Bertz CT molecular complexity index is 1220. The first-order chi connectivity index (χ1) is 15.5. The lowest BCUT2D eigenvalue weighted by molar-refractivity contribution is -0.140. The zero-order valence-corrected chi connectivity index (χ0v) is 17.7. The van der Waals surface area contributed by atoms with Crippen molar-refractivity contribution in [2.24, 2.45) is 0 Å². The van der Waals surface area contributed by atoms with Gasteiger partial charge in [0.2, 0.25) is 0 Å². The van der Waals surface area contributed by atoms with E-state index in [0.29, 0.717) is 5.56 Å². The van der Waals surface area contributed by atoms with E-state index in [2.05, 4.69) is 0 Å². The fourth-order valence-electron chi connectivity index (χ4n) is 4.53. The van der Waals surface area contributed by atoms with E-state index >= 15 is 0 Å². The number of Topliss-reactive ketones (excluding diaryl/α,β-unsaturated/α-hetero) is 1. The Kier molecular flexibility index (Phi) is 5.02. The van der Waals surface area contributed by atoms with Crippen LogP contribution in [0.15, 0.2) is 84.4 Å². The Labute approximate surface area is 186 Å². The van der Waals surface area contributed by atoms with Crippen molar-refractivity contribution in [3.05, 3.63) is 107 Å². The van der Waals surface area contributed by atoms with Crippen LogP contribution in [0.5, 0.6) is 5.75 Å². The lowest BCUT2D eigenvalue weighted by Gasteiger charge is -2.25. The molecule has 0 spiro atoms. The third-order valence-corrected chi connectivity index (χ3v) is 6.02. The van der Waals surface area contributed by atoms with Gasteiger partial charge in [-0.15, -0.1) is 0 Å². The van der Waals surface area contributed by atoms with E-state index in [4.69, 9.17) is 4.74 Å². The largest absolute Gasteiger partial charge is 0.507 e. The second-order valence-electron chi connectivity index (χ2n) is 8.28. The van der Waals surface area contributed by atoms with Crippen molar-refractivity contribution in [1.29, 1.82) is 0 Å². The van der Waals surface area contributed by atoms with Gasteiger partial charge in [-0.25, -0.2) is 0 Å². The van der Waals surface area contributed by atoms with Crippen molar-refractivity contribution in [1.82, 2.24) is 4.90 Å². The van der Waals surface area contributed by atoms with E-state index in [1.807, 2.05) is 79.7 Å². The molecule has 32 heavy (non-hydrogen) atoms. The first kappa shape index (κ1) is 20.1. The number of carbonyl (C=O) groups excluding carboxylic acids is 2. The molecule has 5 nitrogen and oxygen atoms in total. The van der Waals surface area contributed by atoms with Gasteiger partial charge in [0.1, 0.15) is 17.6 Å². The van der Waals surface area contributed by atoms with E-state index in [1.54, 1.807) is 6.07 Å². The average molecular weight is 425 g/mol. The molecule has 0 aliphatic carbocycles. The zero-order chi connectivity index (χ0) is 22.2. The fraction of sp³-hybridized carbons (Fsp3) is 0.185. The van der Waals surface area contributed by atoms with Crippen molar-refractivity contribution in [3.63, 3.8) is 0 Å². The van der Waals surface area contributed by atoms with E-state index in [9.17, 15) is 14.7 Å². The maximum absolute atomic E-state index is 13.2. The van der Waals surface area contributed by atoms with Gasteiger partial charge >= 0.3 is 0 Å². The summed E-state index contributed by atoms with van der Waals surface area (Å²) >= 11 is 0. The average Bonchev–Trinajstić information content (AvgIpc) is 3.31. The Balaban J connectivity index is 1.62. The highest BCUT2D eigenvalue weighted by Crippen LogP contribution is 2.41. The molecule has 2 aliphatic heterocycles. The molecule has 2 atom stereocenters. The molecule has 1 saturated heterocycles. The van der Waals surface area contributed by atoms with Crippen LogP contribution in [-0.2, 0) is 22.6 Å². The van der Waals surface area contributed by atoms with Gasteiger partial charge in [-0.3, -0.25) is 9.59 Å². The summed E-state index contributed by atoms with van der Waals surface area (Å²) in [4.78, 5) is 27.8. The molecule has 5 heteroatoms. The number of aliphatic hydroxyl groups is 1. The van der Waals surface area contributed by atoms with Crippen LogP contribution >= 0.6 is 0 Å². The Hall–Kier alpha value is -3.86. The second-order valence-corrected chi connectivity index (χ2v) is 8.28. The van der Waals surface area contributed by atoms with Crippen LogP contribution in [0.4, 0.5) is 0 Å². The van der Waals surface area contributed by atoms with Gasteiger partial charge in [0, 0.05) is 18.5 Å². The van der Waals surface area contributed by atoms with E-state index in [0.717, 1.165) is 28.9 Å². The summed E-state index contributed by atoms with van der Waals surface area (Å²) in [5.41, 5.74) is 3.31. The van der Waals surface area contributed by atoms with Gasteiger partial charge in [-0.1, -0.05) is 60.7 Å². The van der Waals surface area contributed by atoms with Crippen LogP contribution in [0.25, 0.3) is 5.76 Å². The Morgan fingerprint density at radius 3 is 2.41 bits per heavy atom. The maximum atomic E-state index is 13.2. The summed E-state index contributed by atoms with van der Waals surface area (Å²) in [6, 6.07) is 23.6. The minimum atomic E-state index is -0.669. The minimum Gasteiger partial charge on any atom is -0.507 e. The van der Waals surface area contributed by atoms with E-state index in [1.165, 1.54) is 4.90 Å². The van der Waals surface area contributed by atoms with Crippen molar-refractivity contribution >= 4 is 17.4 Å². The summed E-state index contributed by atoms with van der Waals surface area (Å²) in [5.74, 6) is -0.645. The van der Waals surface area contributed by atoms with Crippen molar-refractivity contribution in [3.8, 4) is 5.75 Å². The number of ether oxygens (including phenoxy) is 1. The molecule has 2 aliphatic rings. The first-order valence-corrected chi connectivity index (χ1v) is 10.7. The number of benzene rings is 3. The van der Waals surface area contributed by atoms with Crippen LogP contribution in [0.1, 0.15) is 35.2 Å². The number of ketones is 1. The summed E-state index contributed by atoms with van der Waals surface area (Å²) in [7, 11) is 0. The maximum Gasteiger partial charge on any atom is 0.295 e. The molecule has 0 bridgehead atoms. The third kappa shape index (κ3) is 3.46. The van der Waals surface area contributed by atoms with Gasteiger partial charge in [-0.2, -0.15) is 0 Å². The zero-order valence-electron chi connectivity index (χ0n) is 17.7. The van der Waals surface area contributed by atoms with Crippen molar-refractivity contribution in [2.45, 2.75) is 32.0 Å². The van der Waals surface area contributed by atoms with Crippen LogP contribution in [0, 0.1) is 0 Å². The Morgan fingerprint density at radius 2 is 1.69 bits per heavy atom. The third-order valence-electron chi connectivity index (χ3n) is 6.02. The topological polar surface area (TPSA) is 66.8 Å². The molecular weight excluding hydrogens is 402 g/mol. The predicted molar refractivity (Wildman–Crippen MR) is 121 cm³/mol. The molecule has 0 radical (unpaired) electrons. The van der Waals surface area contributed by atoms with Crippen LogP contribution in [0.3, 0.4) is 0 Å². The van der Waals surface area contributed by atoms with E-state index < -0.39 is 17.7 Å². The standard InChI is InChI=1S/C27H23NO4/c1-17-14-21-15-20(12-13-22(21)32-17)25(29)23-24(19-10-6-3-7-11-19)28(27(31)26(23)30)16-18-8-4-2-5-9-18/h2-13,15,17,24,29H,14,16H2,1H3/b25-23+/t17-,24+/m0/s1. The number of nitrogens with zero attached hydrogens (tertiary/aromatic N) is 1. The Morgan fingerprint density at radius 1 is 1.00 bits per heavy atom. The highest BCUT2D eigenvalue weighted by Gasteiger charge is 2.46. The first-order valence-electron chi connectivity index (χ1n) is 10.7. The number of likely N-dealkylation sites (tertiary alicyclic amines) is 1. The van der Waals surface area contributed by atoms with Gasteiger partial charge in [0.25, 0.3) is 11.7 Å².